The summed E-state index contributed by atoms with van der Waals surface area (Å²) in [6.07, 6.45) is 4.58. The Morgan fingerprint density at radius 3 is 2.61 bits per heavy atom. The third-order valence-corrected chi connectivity index (χ3v) is 4.06. The minimum absolute atomic E-state index is 0.00199. The van der Waals surface area contributed by atoms with E-state index >= 15 is 0 Å². The Hall–Kier alpha value is -2.55. The maximum absolute atomic E-state index is 12.9. The zero-order valence-corrected chi connectivity index (χ0v) is 13.5. The summed E-state index contributed by atoms with van der Waals surface area (Å²) in [6, 6.07) is 13.3. The molecule has 0 saturated carbocycles. The van der Waals surface area contributed by atoms with Crippen molar-refractivity contribution in [1.29, 1.82) is 0 Å². The molecule has 1 heterocycles. The molecule has 3 rings (SSSR count). The number of unbranched alkanes of at least 4 members (excludes halogenated alkanes) is 1. The number of ether oxygens (including phenoxy) is 1. The zero-order chi connectivity index (χ0) is 16.2. The molecule has 0 N–H and O–H groups in total. The third kappa shape index (κ3) is 3.00. The number of hydrogen-bond acceptors (Lipinski definition) is 3. The van der Waals surface area contributed by atoms with Gasteiger partial charge < -0.3 is 9.15 Å². The van der Waals surface area contributed by atoms with E-state index in [1.54, 1.807) is 7.11 Å². The Morgan fingerprint density at radius 2 is 1.91 bits per heavy atom. The van der Waals surface area contributed by atoms with Crippen LogP contribution in [0.5, 0.6) is 5.75 Å². The van der Waals surface area contributed by atoms with Crippen LogP contribution in [0.3, 0.4) is 0 Å². The zero-order valence-electron chi connectivity index (χ0n) is 13.5. The van der Waals surface area contributed by atoms with E-state index in [4.69, 9.17) is 9.15 Å². The summed E-state index contributed by atoms with van der Waals surface area (Å²) in [5.41, 5.74) is 3.07. The smallest absolute Gasteiger partial charge is 0.200 e. The Bertz CT molecular complexity index is 863. The minimum atomic E-state index is -0.00199. The minimum Gasteiger partial charge on any atom is -0.496 e. The molecule has 3 aromatic rings. The fourth-order valence-electron chi connectivity index (χ4n) is 2.77. The SMILES string of the molecule is CCCCc1cc2c(=O)c(-c3ccccc3)coc2cc1OC. The normalized spacial score (nSPS) is 10.9. The van der Waals surface area contributed by atoms with Crippen molar-refractivity contribution in [2.75, 3.05) is 7.11 Å². The van der Waals surface area contributed by atoms with Gasteiger partial charge in [-0.1, -0.05) is 43.7 Å². The first-order chi connectivity index (χ1) is 11.2. The molecule has 2 aromatic carbocycles. The molecule has 0 atom stereocenters. The fourth-order valence-corrected chi connectivity index (χ4v) is 2.77. The summed E-state index contributed by atoms with van der Waals surface area (Å²) in [5.74, 6) is 0.779. The van der Waals surface area contributed by atoms with Gasteiger partial charge in [0.15, 0.2) is 0 Å². The van der Waals surface area contributed by atoms with Gasteiger partial charge in [0.1, 0.15) is 17.6 Å². The quantitative estimate of drug-likeness (QED) is 0.679. The molecule has 0 aliphatic heterocycles. The van der Waals surface area contributed by atoms with Gasteiger partial charge >= 0.3 is 0 Å². The first kappa shape index (κ1) is 15.3. The molecule has 0 fully saturated rings. The standard InChI is InChI=1S/C20H20O3/c1-3-4-8-15-11-16-19(12-18(15)22-2)23-13-17(20(16)21)14-9-6-5-7-10-14/h5-7,9-13H,3-4,8H2,1-2H3. The maximum Gasteiger partial charge on any atom is 0.200 e. The van der Waals surface area contributed by atoms with E-state index in [0.717, 1.165) is 36.1 Å². The predicted octanol–water partition coefficient (Wildman–Crippen LogP) is 4.81. The molecule has 3 heteroatoms. The van der Waals surface area contributed by atoms with Crippen LogP contribution in [0.1, 0.15) is 25.3 Å². The van der Waals surface area contributed by atoms with Gasteiger partial charge in [-0.15, -0.1) is 0 Å². The van der Waals surface area contributed by atoms with E-state index in [2.05, 4.69) is 6.92 Å². The number of methoxy groups -OCH3 is 1. The molecule has 0 spiro atoms. The van der Waals surface area contributed by atoms with Gasteiger partial charge in [-0.05, 0) is 30.0 Å². The van der Waals surface area contributed by atoms with Crippen molar-refractivity contribution in [3.05, 3.63) is 64.5 Å². The molecule has 0 bridgehead atoms. The van der Waals surface area contributed by atoms with Crippen LogP contribution in [0, 0.1) is 0 Å². The van der Waals surface area contributed by atoms with E-state index in [1.807, 2.05) is 42.5 Å². The largest absolute Gasteiger partial charge is 0.496 e. The van der Waals surface area contributed by atoms with E-state index in [-0.39, 0.29) is 5.43 Å². The van der Waals surface area contributed by atoms with E-state index in [9.17, 15) is 4.79 Å². The molecule has 118 valence electrons. The van der Waals surface area contributed by atoms with Gasteiger partial charge in [-0.25, -0.2) is 0 Å². The van der Waals surface area contributed by atoms with Crippen molar-refractivity contribution in [3.63, 3.8) is 0 Å². The van der Waals surface area contributed by atoms with E-state index < -0.39 is 0 Å². The maximum atomic E-state index is 12.9. The van der Waals surface area contributed by atoms with Crippen molar-refractivity contribution in [3.8, 4) is 16.9 Å². The van der Waals surface area contributed by atoms with Crippen LogP contribution in [-0.4, -0.2) is 7.11 Å². The predicted molar refractivity (Wildman–Crippen MR) is 93.1 cm³/mol. The molecule has 23 heavy (non-hydrogen) atoms. The van der Waals surface area contributed by atoms with Gasteiger partial charge in [0.25, 0.3) is 0 Å². The summed E-state index contributed by atoms with van der Waals surface area (Å²) in [5, 5.41) is 0.609. The number of rotatable bonds is 5. The van der Waals surface area contributed by atoms with Crippen molar-refractivity contribution in [2.45, 2.75) is 26.2 Å². The third-order valence-electron chi connectivity index (χ3n) is 4.06. The lowest BCUT2D eigenvalue weighted by Crippen LogP contribution is -2.06. The number of hydrogen-bond donors (Lipinski definition) is 0. The second-order valence-electron chi connectivity index (χ2n) is 5.61. The Balaban J connectivity index is 2.18. The molecule has 0 unspecified atom stereocenters. The number of aryl methyl sites for hydroxylation is 1. The van der Waals surface area contributed by atoms with Gasteiger partial charge in [-0.2, -0.15) is 0 Å². The van der Waals surface area contributed by atoms with Crippen molar-refractivity contribution < 1.29 is 9.15 Å². The fraction of sp³-hybridized carbons (Fsp3) is 0.250. The number of benzene rings is 2. The Kier molecular flexibility index (Phi) is 4.47. The first-order valence-electron chi connectivity index (χ1n) is 7.92. The van der Waals surface area contributed by atoms with Gasteiger partial charge in [0, 0.05) is 6.07 Å². The highest BCUT2D eigenvalue weighted by Crippen LogP contribution is 2.27. The second-order valence-corrected chi connectivity index (χ2v) is 5.61. The summed E-state index contributed by atoms with van der Waals surface area (Å²) in [4.78, 5) is 12.9. The van der Waals surface area contributed by atoms with Crippen LogP contribution in [0.2, 0.25) is 0 Å². The molecule has 3 nitrogen and oxygen atoms in total. The first-order valence-corrected chi connectivity index (χ1v) is 7.92. The molecule has 0 aliphatic rings. The lowest BCUT2D eigenvalue weighted by Gasteiger charge is -2.10. The lowest BCUT2D eigenvalue weighted by atomic mass is 10.0. The molecule has 1 aromatic heterocycles. The van der Waals surface area contributed by atoms with Crippen molar-refractivity contribution in [2.24, 2.45) is 0 Å². The molecule has 0 amide bonds. The second kappa shape index (κ2) is 6.69. The van der Waals surface area contributed by atoms with Crippen LogP contribution in [0.25, 0.3) is 22.1 Å². The summed E-state index contributed by atoms with van der Waals surface area (Å²) in [7, 11) is 1.65. The molecule has 0 saturated heterocycles. The molecular weight excluding hydrogens is 288 g/mol. The van der Waals surface area contributed by atoms with Crippen LogP contribution in [0.15, 0.2) is 57.9 Å². The van der Waals surface area contributed by atoms with Gasteiger partial charge in [0.05, 0.1) is 18.1 Å². The highest BCUT2D eigenvalue weighted by molar-refractivity contribution is 5.83. The van der Waals surface area contributed by atoms with Crippen molar-refractivity contribution in [1.82, 2.24) is 0 Å². The number of fused-ring (bicyclic) bond motifs is 1. The van der Waals surface area contributed by atoms with Crippen LogP contribution in [-0.2, 0) is 6.42 Å². The van der Waals surface area contributed by atoms with E-state index in [0.29, 0.717) is 16.5 Å². The van der Waals surface area contributed by atoms with Gasteiger partial charge in [-0.3, -0.25) is 4.79 Å². The van der Waals surface area contributed by atoms with Gasteiger partial charge in [0.2, 0.25) is 5.43 Å². The molecule has 0 radical (unpaired) electrons. The molecule has 0 aliphatic carbocycles. The monoisotopic (exact) mass is 308 g/mol. The van der Waals surface area contributed by atoms with Crippen LogP contribution < -0.4 is 10.2 Å². The topological polar surface area (TPSA) is 39.4 Å². The highest BCUT2D eigenvalue weighted by Gasteiger charge is 2.13. The Morgan fingerprint density at radius 1 is 1.13 bits per heavy atom. The van der Waals surface area contributed by atoms with Crippen molar-refractivity contribution >= 4 is 11.0 Å². The molecular formula is C20H20O3. The van der Waals surface area contributed by atoms with Crippen LogP contribution in [0.4, 0.5) is 0 Å². The highest BCUT2D eigenvalue weighted by atomic mass is 16.5. The van der Waals surface area contributed by atoms with E-state index in [1.165, 1.54) is 6.26 Å². The average Bonchev–Trinajstić information content (AvgIpc) is 2.60. The average molecular weight is 308 g/mol. The Labute approximate surface area is 135 Å². The summed E-state index contributed by atoms with van der Waals surface area (Å²) in [6.45, 7) is 2.15. The summed E-state index contributed by atoms with van der Waals surface area (Å²) < 4.78 is 11.1. The van der Waals surface area contributed by atoms with Crippen LogP contribution >= 0.6 is 0 Å². The lowest BCUT2D eigenvalue weighted by molar-refractivity contribution is 0.408. The summed E-state index contributed by atoms with van der Waals surface area (Å²) >= 11 is 0.